The third-order valence-corrected chi connectivity index (χ3v) is 4.18. The predicted octanol–water partition coefficient (Wildman–Crippen LogP) is 2.53. The molecule has 0 saturated carbocycles. The van der Waals surface area contributed by atoms with E-state index in [1.54, 1.807) is 30.5 Å². The van der Waals surface area contributed by atoms with Gasteiger partial charge in [-0.2, -0.15) is 0 Å². The molecule has 4 N–H and O–H groups in total. The Morgan fingerprint density at radius 3 is 2.67 bits per heavy atom. The summed E-state index contributed by atoms with van der Waals surface area (Å²) >= 11 is 0. The maximum atomic E-state index is 13.9. The zero-order valence-electron chi connectivity index (χ0n) is 16.3. The molecule has 0 saturated heterocycles. The van der Waals surface area contributed by atoms with E-state index < -0.39 is 12.1 Å². The molecule has 6 heteroatoms. The van der Waals surface area contributed by atoms with Gasteiger partial charge < -0.3 is 16.2 Å². The number of carbonyl (C=O) groups excluding carboxylic acids is 1. The minimum atomic E-state index is -0.957. The highest BCUT2D eigenvalue weighted by molar-refractivity contribution is 5.95. The van der Waals surface area contributed by atoms with E-state index in [0.29, 0.717) is 16.8 Å². The summed E-state index contributed by atoms with van der Waals surface area (Å²) in [6, 6.07) is 7.48. The minimum absolute atomic E-state index is 0.113. The van der Waals surface area contributed by atoms with Crippen LogP contribution in [-0.2, 0) is 12.8 Å². The second kappa shape index (κ2) is 8.59. The molecule has 5 nitrogen and oxygen atoms in total. The van der Waals surface area contributed by atoms with Crippen LogP contribution in [0.3, 0.4) is 0 Å². The van der Waals surface area contributed by atoms with Gasteiger partial charge in [-0.25, -0.2) is 4.39 Å². The second-order valence-corrected chi connectivity index (χ2v) is 7.94. The van der Waals surface area contributed by atoms with E-state index in [2.05, 4.69) is 10.3 Å². The van der Waals surface area contributed by atoms with Gasteiger partial charge >= 0.3 is 0 Å². The van der Waals surface area contributed by atoms with E-state index in [-0.39, 0.29) is 30.1 Å². The highest BCUT2D eigenvalue weighted by Crippen LogP contribution is 2.16. The van der Waals surface area contributed by atoms with Crippen LogP contribution in [0.25, 0.3) is 0 Å². The Balaban J connectivity index is 2.12. The van der Waals surface area contributed by atoms with Crippen molar-refractivity contribution in [1.29, 1.82) is 0 Å². The number of amides is 1. The lowest BCUT2D eigenvalue weighted by molar-refractivity contribution is 0.0916. The monoisotopic (exact) mass is 373 g/mol. The first-order valence-corrected chi connectivity index (χ1v) is 9.02. The average molecular weight is 373 g/mol. The summed E-state index contributed by atoms with van der Waals surface area (Å²) in [5.41, 5.74) is 7.98. The van der Waals surface area contributed by atoms with Crippen LogP contribution in [0.1, 0.15) is 48.0 Å². The molecular weight excluding hydrogens is 345 g/mol. The van der Waals surface area contributed by atoms with Crippen LogP contribution >= 0.6 is 0 Å². The maximum Gasteiger partial charge on any atom is 0.253 e. The van der Waals surface area contributed by atoms with Crippen LogP contribution in [0, 0.1) is 12.7 Å². The molecule has 2 aromatic rings. The largest absolute Gasteiger partial charge is 0.391 e. The predicted molar refractivity (Wildman–Crippen MR) is 104 cm³/mol. The smallest absolute Gasteiger partial charge is 0.253 e. The highest BCUT2D eigenvalue weighted by Gasteiger charge is 2.23. The summed E-state index contributed by atoms with van der Waals surface area (Å²) in [4.78, 5) is 16.7. The van der Waals surface area contributed by atoms with Crippen LogP contribution in [-0.4, -0.2) is 33.7 Å². The van der Waals surface area contributed by atoms with Crippen LogP contribution in [0.5, 0.6) is 0 Å². The molecule has 0 radical (unpaired) electrons. The number of hydrogen-bond acceptors (Lipinski definition) is 4. The van der Waals surface area contributed by atoms with E-state index in [9.17, 15) is 14.3 Å². The molecule has 0 fully saturated rings. The van der Waals surface area contributed by atoms with Crippen LogP contribution in [0.4, 0.5) is 4.39 Å². The van der Waals surface area contributed by atoms with Crippen molar-refractivity contribution in [3.63, 3.8) is 0 Å². The number of hydrogen-bond donors (Lipinski definition) is 3. The molecular formula is C21H28FN3O2. The number of halogens is 1. The molecule has 1 heterocycles. The number of aliphatic hydroxyl groups excluding tert-OH is 1. The second-order valence-electron chi connectivity index (χ2n) is 7.94. The van der Waals surface area contributed by atoms with E-state index in [4.69, 9.17) is 5.73 Å². The summed E-state index contributed by atoms with van der Waals surface area (Å²) in [5, 5.41) is 13.4. The fourth-order valence-electron chi connectivity index (χ4n) is 2.81. The lowest BCUT2D eigenvalue weighted by Crippen LogP contribution is -2.42. The Kier molecular flexibility index (Phi) is 6.68. The fourth-order valence-corrected chi connectivity index (χ4v) is 2.81. The third kappa shape index (κ3) is 6.12. The van der Waals surface area contributed by atoms with Crippen molar-refractivity contribution in [3.05, 3.63) is 64.7 Å². The van der Waals surface area contributed by atoms with Gasteiger partial charge in [0.15, 0.2) is 0 Å². The molecule has 1 amide bonds. The lowest BCUT2D eigenvalue weighted by atomic mass is 9.96. The number of nitrogens with one attached hydrogen (secondary N) is 1. The summed E-state index contributed by atoms with van der Waals surface area (Å²) in [6.07, 6.45) is 0.927. The number of carbonyl (C=O) groups is 1. The Morgan fingerprint density at radius 1 is 1.30 bits per heavy atom. The summed E-state index contributed by atoms with van der Waals surface area (Å²) in [5.74, 6) is -0.595. The molecule has 0 aliphatic carbocycles. The minimum Gasteiger partial charge on any atom is -0.391 e. The summed E-state index contributed by atoms with van der Waals surface area (Å²) in [6.45, 7) is 7.55. The molecule has 0 bridgehead atoms. The van der Waals surface area contributed by atoms with Gasteiger partial charge in [0.05, 0.1) is 17.4 Å². The van der Waals surface area contributed by atoms with E-state index in [1.807, 2.05) is 27.7 Å². The topological polar surface area (TPSA) is 88.2 Å². The number of benzene rings is 1. The van der Waals surface area contributed by atoms with E-state index in [0.717, 1.165) is 5.56 Å². The zero-order valence-corrected chi connectivity index (χ0v) is 16.3. The standard InChI is InChI=1S/C21H28FN3O2/c1-13-7-8-16(22)14(10-13)11-17(23)19(26)12-18-15(6-5-9-24-18)20(27)25-21(2,3)4/h5-10,17,19,26H,11-12,23H2,1-4H3,(H,25,27). The van der Waals surface area contributed by atoms with Gasteiger partial charge in [0, 0.05) is 24.2 Å². The Hall–Kier alpha value is -2.31. The Labute approximate surface area is 159 Å². The van der Waals surface area contributed by atoms with Gasteiger partial charge in [0.2, 0.25) is 0 Å². The number of rotatable bonds is 6. The number of nitrogens with zero attached hydrogens (tertiary/aromatic N) is 1. The lowest BCUT2D eigenvalue weighted by Gasteiger charge is -2.23. The van der Waals surface area contributed by atoms with Crippen LogP contribution < -0.4 is 11.1 Å². The van der Waals surface area contributed by atoms with Gasteiger partial charge in [0.1, 0.15) is 5.82 Å². The van der Waals surface area contributed by atoms with Crippen molar-refractivity contribution in [3.8, 4) is 0 Å². The maximum absolute atomic E-state index is 13.9. The van der Waals surface area contributed by atoms with Gasteiger partial charge in [-0.05, 0) is 57.9 Å². The summed E-state index contributed by atoms with van der Waals surface area (Å²) in [7, 11) is 0. The molecule has 0 aliphatic heterocycles. The summed E-state index contributed by atoms with van der Waals surface area (Å²) < 4.78 is 13.9. The van der Waals surface area contributed by atoms with Gasteiger partial charge in [-0.3, -0.25) is 9.78 Å². The number of aliphatic hydroxyl groups is 1. The quantitative estimate of drug-likeness (QED) is 0.726. The van der Waals surface area contributed by atoms with E-state index in [1.165, 1.54) is 6.07 Å². The number of pyridine rings is 1. The first-order valence-electron chi connectivity index (χ1n) is 9.02. The van der Waals surface area contributed by atoms with Crippen molar-refractivity contribution in [2.24, 2.45) is 5.73 Å². The van der Waals surface area contributed by atoms with Gasteiger partial charge in [-0.15, -0.1) is 0 Å². The Bertz CT molecular complexity index is 802. The van der Waals surface area contributed by atoms with Crippen molar-refractivity contribution in [2.75, 3.05) is 0 Å². The molecule has 1 aromatic heterocycles. The molecule has 1 aromatic carbocycles. The average Bonchev–Trinajstić information content (AvgIpc) is 2.57. The SMILES string of the molecule is Cc1ccc(F)c(CC(N)C(O)Cc2ncccc2C(=O)NC(C)(C)C)c1. The molecule has 2 unspecified atom stereocenters. The van der Waals surface area contributed by atoms with Crippen LogP contribution in [0.15, 0.2) is 36.5 Å². The van der Waals surface area contributed by atoms with Crippen LogP contribution in [0.2, 0.25) is 0 Å². The molecule has 27 heavy (non-hydrogen) atoms. The first-order chi connectivity index (χ1) is 12.6. The van der Waals surface area contributed by atoms with Crippen molar-refractivity contribution >= 4 is 5.91 Å². The molecule has 2 atom stereocenters. The number of aryl methyl sites for hydroxylation is 1. The normalized spacial score (nSPS) is 13.9. The Morgan fingerprint density at radius 2 is 2.00 bits per heavy atom. The van der Waals surface area contributed by atoms with Gasteiger partial charge in [-0.1, -0.05) is 17.7 Å². The van der Waals surface area contributed by atoms with Crippen molar-refractivity contribution in [1.82, 2.24) is 10.3 Å². The number of aromatic nitrogens is 1. The molecule has 0 spiro atoms. The first kappa shape index (κ1) is 21.0. The highest BCUT2D eigenvalue weighted by atomic mass is 19.1. The van der Waals surface area contributed by atoms with Crippen molar-refractivity contribution in [2.45, 2.75) is 58.2 Å². The zero-order chi connectivity index (χ0) is 20.2. The molecule has 146 valence electrons. The van der Waals surface area contributed by atoms with Crippen molar-refractivity contribution < 1.29 is 14.3 Å². The third-order valence-electron chi connectivity index (χ3n) is 4.18. The van der Waals surface area contributed by atoms with Gasteiger partial charge in [0.25, 0.3) is 5.91 Å². The molecule has 0 aliphatic rings. The van der Waals surface area contributed by atoms with E-state index >= 15 is 0 Å². The fraction of sp³-hybridized carbons (Fsp3) is 0.429. The number of nitrogens with two attached hydrogens (primary N) is 1. The molecule has 2 rings (SSSR count).